The third-order valence-electron chi connectivity index (χ3n) is 4.70. The Morgan fingerprint density at radius 1 is 0.758 bits per heavy atom. The van der Waals surface area contributed by atoms with Crippen LogP contribution in [0.15, 0.2) is 102 Å². The summed E-state index contributed by atoms with van der Waals surface area (Å²) in [5.41, 5.74) is 3.02. The molecule has 0 fully saturated rings. The molecule has 0 atom stereocenters. The molecule has 7 nitrogen and oxygen atoms in total. The van der Waals surface area contributed by atoms with Crippen LogP contribution >= 0.6 is 0 Å². The molecule has 4 aromatic rings. The molecule has 0 aliphatic rings. The number of benzene rings is 3. The zero-order valence-electron chi connectivity index (χ0n) is 17.8. The lowest BCUT2D eigenvalue weighted by atomic mass is 10.2. The first-order valence-electron chi connectivity index (χ1n) is 10.4. The number of hydrogen-bond donors (Lipinski definition) is 3. The summed E-state index contributed by atoms with van der Waals surface area (Å²) in [5.74, 6) is 0.391. The van der Waals surface area contributed by atoms with Crippen molar-refractivity contribution in [1.82, 2.24) is 0 Å². The molecular formula is C26H23N3O4. The minimum Gasteiger partial charge on any atom is -0.489 e. The highest BCUT2D eigenvalue weighted by Crippen LogP contribution is 2.18. The number of furan rings is 1. The third-order valence-corrected chi connectivity index (χ3v) is 4.70. The first-order valence-corrected chi connectivity index (χ1v) is 10.4. The second kappa shape index (κ2) is 10.7. The number of nitrogens with one attached hydrogen (secondary N) is 3. The molecule has 3 aromatic carbocycles. The lowest BCUT2D eigenvalue weighted by Crippen LogP contribution is -2.21. The van der Waals surface area contributed by atoms with E-state index >= 15 is 0 Å². The molecule has 0 saturated heterocycles. The number of carbonyl (C=O) groups is 2. The van der Waals surface area contributed by atoms with Gasteiger partial charge in [0.05, 0.1) is 12.8 Å². The summed E-state index contributed by atoms with van der Waals surface area (Å²) in [6.07, 6.45) is 1.43. The van der Waals surface area contributed by atoms with Crippen molar-refractivity contribution in [2.24, 2.45) is 0 Å². The standard InChI is InChI=1S/C26H23N3O4/c30-25(28-21-8-4-9-22(16-21)29-26(31)24-10-5-15-32-24)17-27-20-11-13-23(14-12-20)33-18-19-6-2-1-3-7-19/h1-16,27H,17-18H2,(H,28,30)(H,29,31). The number of rotatable bonds is 9. The van der Waals surface area contributed by atoms with E-state index in [0.717, 1.165) is 17.0 Å². The van der Waals surface area contributed by atoms with E-state index in [0.29, 0.717) is 18.0 Å². The monoisotopic (exact) mass is 441 g/mol. The van der Waals surface area contributed by atoms with Crippen LogP contribution in [0, 0.1) is 0 Å². The highest BCUT2D eigenvalue weighted by Gasteiger charge is 2.09. The van der Waals surface area contributed by atoms with Crippen LogP contribution in [0.5, 0.6) is 5.75 Å². The van der Waals surface area contributed by atoms with Gasteiger partial charge in [0.15, 0.2) is 5.76 Å². The van der Waals surface area contributed by atoms with E-state index in [1.807, 2.05) is 54.6 Å². The smallest absolute Gasteiger partial charge is 0.291 e. The molecule has 166 valence electrons. The van der Waals surface area contributed by atoms with Gasteiger partial charge in [-0.1, -0.05) is 36.4 Å². The fourth-order valence-electron chi connectivity index (χ4n) is 3.07. The summed E-state index contributed by atoms with van der Waals surface area (Å²) in [6, 6.07) is 27.5. The van der Waals surface area contributed by atoms with Crippen molar-refractivity contribution < 1.29 is 18.7 Å². The van der Waals surface area contributed by atoms with Crippen LogP contribution in [-0.2, 0) is 11.4 Å². The Morgan fingerprint density at radius 2 is 1.52 bits per heavy atom. The zero-order chi connectivity index (χ0) is 22.9. The SMILES string of the molecule is O=C(CNc1ccc(OCc2ccccc2)cc1)Nc1cccc(NC(=O)c2ccco2)c1. The largest absolute Gasteiger partial charge is 0.489 e. The summed E-state index contributed by atoms with van der Waals surface area (Å²) in [7, 11) is 0. The second-order valence-electron chi connectivity index (χ2n) is 7.21. The highest BCUT2D eigenvalue weighted by atomic mass is 16.5. The molecule has 1 heterocycles. The van der Waals surface area contributed by atoms with E-state index in [4.69, 9.17) is 9.15 Å². The number of carbonyl (C=O) groups excluding carboxylic acids is 2. The number of anilines is 3. The molecule has 0 radical (unpaired) electrons. The molecule has 2 amide bonds. The van der Waals surface area contributed by atoms with Crippen LogP contribution in [0.4, 0.5) is 17.1 Å². The van der Waals surface area contributed by atoms with Gasteiger partial charge in [0.2, 0.25) is 5.91 Å². The quantitative estimate of drug-likeness (QED) is 0.334. The van der Waals surface area contributed by atoms with E-state index in [9.17, 15) is 9.59 Å². The highest BCUT2D eigenvalue weighted by molar-refractivity contribution is 6.02. The van der Waals surface area contributed by atoms with Crippen LogP contribution < -0.4 is 20.7 Å². The van der Waals surface area contributed by atoms with Gasteiger partial charge in [0, 0.05) is 17.1 Å². The summed E-state index contributed by atoms with van der Waals surface area (Å²) >= 11 is 0. The van der Waals surface area contributed by atoms with Crippen LogP contribution in [-0.4, -0.2) is 18.4 Å². The molecule has 0 unspecified atom stereocenters. The molecule has 1 aromatic heterocycles. The lowest BCUT2D eigenvalue weighted by molar-refractivity contribution is -0.114. The Bertz CT molecular complexity index is 1190. The second-order valence-corrected chi connectivity index (χ2v) is 7.21. The molecule has 7 heteroatoms. The molecule has 0 bridgehead atoms. The normalized spacial score (nSPS) is 10.3. The number of amides is 2. The lowest BCUT2D eigenvalue weighted by Gasteiger charge is -2.10. The van der Waals surface area contributed by atoms with Gasteiger partial charge < -0.3 is 25.1 Å². The zero-order valence-corrected chi connectivity index (χ0v) is 17.8. The van der Waals surface area contributed by atoms with Crippen molar-refractivity contribution in [3.05, 3.63) is 109 Å². The van der Waals surface area contributed by atoms with Crippen molar-refractivity contribution in [2.75, 3.05) is 22.5 Å². The topological polar surface area (TPSA) is 92.6 Å². The van der Waals surface area contributed by atoms with Crippen molar-refractivity contribution in [2.45, 2.75) is 6.61 Å². The Kier molecular flexibility index (Phi) is 7.02. The van der Waals surface area contributed by atoms with Crippen molar-refractivity contribution in [3.63, 3.8) is 0 Å². The molecule has 33 heavy (non-hydrogen) atoms. The number of hydrogen-bond acceptors (Lipinski definition) is 5. The van der Waals surface area contributed by atoms with Gasteiger partial charge in [-0.2, -0.15) is 0 Å². The molecule has 0 saturated carbocycles. The van der Waals surface area contributed by atoms with Crippen LogP contribution in [0.1, 0.15) is 16.1 Å². The van der Waals surface area contributed by atoms with Crippen LogP contribution in [0.25, 0.3) is 0 Å². The Morgan fingerprint density at radius 3 is 2.24 bits per heavy atom. The molecule has 0 aliphatic heterocycles. The van der Waals surface area contributed by atoms with Gasteiger partial charge in [-0.15, -0.1) is 0 Å². The number of ether oxygens (including phenoxy) is 1. The molecule has 0 spiro atoms. The summed E-state index contributed by atoms with van der Waals surface area (Å²) < 4.78 is 10.9. The maximum atomic E-state index is 12.3. The minimum absolute atomic E-state index is 0.0905. The average molecular weight is 441 g/mol. The predicted octanol–water partition coefficient (Wildman–Crippen LogP) is 5.16. The third kappa shape index (κ3) is 6.48. The first kappa shape index (κ1) is 21.7. The van der Waals surface area contributed by atoms with E-state index in [1.54, 1.807) is 36.4 Å². The minimum atomic E-state index is -0.360. The summed E-state index contributed by atoms with van der Waals surface area (Å²) in [4.78, 5) is 24.4. The van der Waals surface area contributed by atoms with Gasteiger partial charge >= 0.3 is 0 Å². The Balaban J connectivity index is 1.24. The maximum Gasteiger partial charge on any atom is 0.291 e. The maximum absolute atomic E-state index is 12.3. The van der Waals surface area contributed by atoms with Gasteiger partial charge in [0.25, 0.3) is 5.91 Å². The van der Waals surface area contributed by atoms with Crippen molar-refractivity contribution >= 4 is 28.9 Å². The first-order chi connectivity index (χ1) is 16.2. The van der Waals surface area contributed by atoms with Gasteiger partial charge in [-0.3, -0.25) is 9.59 Å². The van der Waals surface area contributed by atoms with Gasteiger partial charge in [0.1, 0.15) is 12.4 Å². The predicted molar refractivity (Wildman–Crippen MR) is 127 cm³/mol. The Labute approximate surface area is 191 Å². The fourth-order valence-corrected chi connectivity index (χ4v) is 3.07. The van der Waals surface area contributed by atoms with Crippen LogP contribution in [0.2, 0.25) is 0 Å². The fraction of sp³-hybridized carbons (Fsp3) is 0.0769. The summed E-state index contributed by atoms with van der Waals surface area (Å²) in [6.45, 7) is 0.588. The van der Waals surface area contributed by atoms with E-state index in [-0.39, 0.29) is 24.1 Å². The molecule has 4 rings (SSSR count). The van der Waals surface area contributed by atoms with Gasteiger partial charge in [-0.25, -0.2) is 0 Å². The molecular weight excluding hydrogens is 418 g/mol. The van der Waals surface area contributed by atoms with Crippen molar-refractivity contribution in [1.29, 1.82) is 0 Å². The average Bonchev–Trinajstić information content (AvgIpc) is 3.38. The van der Waals surface area contributed by atoms with Crippen molar-refractivity contribution in [3.8, 4) is 5.75 Å². The molecule has 3 N–H and O–H groups in total. The van der Waals surface area contributed by atoms with Gasteiger partial charge in [-0.05, 0) is 60.2 Å². The summed E-state index contributed by atoms with van der Waals surface area (Å²) in [5, 5.41) is 8.62. The van der Waals surface area contributed by atoms with E-state index < -0.39 is 0 Å². The van der Waals surface area contributed by atoms with Crippen LogP contribution in [0.3, 0.4) is 0 Å². The van der Waals surface area contributed by atoms with E-state index in [2.05, 4.69) is 16.0 Å². The molecule has 0 aliphatic carbocycles. The van der Waals surface area contributed by atoms with E-state index in [1.165, 1.54) is 6.26 Å². The Hall–Kier alpha value is -4.52.